The third-order valence-corrected chi connectivity index (χ3v) is 5.10. The molecule has 1 aliphatic carbocycles. The van der Waals surface area contributed by atoms with Crippen LogP contribution >= 0.6 is 11.6 Å². The van der Waals surface area contributed by atoms with Crippen molar-refractivity contribution in [2.45, 2.75) is 53.6 Å². The highest BCUT2D eigenvalue weighted by atomic mass is 35.5. The second-order valence-electron chi connectivity index (χ2n) is 7.16. The number of methoxy groups -OCH3 is 1. The van der Waals surface area contributed by atoms with Crippen LogP contribution in [-0.4, -0.2) is 44.7 Å². The van der Waals surface area contributed by atoms with Gasteiger partial charge < -0.3 is 20.1 Å². The van der Waals surface area contributed by atoms with E-state index in [-0.39, 0.29) is 6.10 Å². The number of pyridine rings is 2. The summed E-state index contributed by atoms with van der Waals surface area (Å²) in [5.41, 5.74) is 1.63. The van der Waals surface area contributed by atoms with Gasteiger partial charge in [-0.15, -0.1) is 4.80 Å². The number of aromatic nitrogens is 5. The Labute approximate surface area is 211 Å². The summed E-state index contributed by atoms with van der Waals surface area (Å²) < 4.78 is 11.4. The van der Waals surface area contributed by atoms with Crippen LogP contribution < -0.4 is 15.4 Å². The lowest BCUT2D eigenvalue weighted by Crippen LogP contribution is -2.21. The van der Waals surface area contributed by atoms with E-state index < -0.39 is 6.03 Å². The zero-order valence-corrected chi connectivity index (χ0v) is 21.8. The van der Waals surface area contributed by atoms with Crippen molar-refractivity contribution >= 4 is 29.0 Å². The molecule has 1 aliphatic rings. The number of rotatable bonds is 8. The highest BCUT2D eigenvalue weighted by Gasteiger charge is 2.24. The van der Waals surface area contributed by atoms with Gasteiger partial charge in [-0.3, -0.25) is 4.98 Å². The first kappa shape index (κ1) is 28.0. The number of carbonyl (C=O) groups excluding carboxylic acids is 1. The molecule has 3 aromatic rings. The maximum Gasteiger partial charge on any atom is 0.323 e. The largest absolute Gasteiger partial charge is 0.491 e. The fourth-order valence-electron chi connectivity index (χ4n) is 2.95. The number of nitrogens with one attached hydrogen (secondary N) is 2. The smallest absolute Gasteiger partial charge is 0.323 e. The maximum atomic E-state index is 12.6. The maximum absolute atomic E-state index is 12.6. The van der Waals surface area contributed by atoms with Gasteiger partial charge in [0.15, 0.2) is 5.82 Å². The molecule has 10 nitrogen and oxygen atoms in total. The third-order valence-electron chi connectivity index (χ3n) is 4.82. The second-order valence-corrected chi connectivity index (χ2v) is 7.57. The summed E-state index contributed by atoms with van der Waals surface area (Å²) in [5, 5.41) is 13.8. The minimum absolute atomic E-state index is 0.292. The molecule has 1 fully saturated rings. The van der Waals surface area contributed by atoms with Gasteiger partial charge in [-0.25, -0.2) is 9.78 Å². The first-order valence-corrected chi connectivity index (χ1v) is 12.2. The van der Waals surface area contributed by atoms with E-state index >= 15 is 0 Å². The van der Waals surface area contributed by atoms with Crippen LogP contribution in [-0.2, 0) is 4.74 Å². The molecule has 11 heteroatoms. The zero-order chi connectivity index (χ0) is 25.8. The molecule has 0 aliphatic heterocycles. The number of ether oxygens (including phenoxy) is 2. The van der Waals surface area contributed by atoms with E-state index in [1.165, 1.54) is 36.2 Å². The van der Waals surface area contributed by atoms with Crippen LogP contribution in [0.25, 0.3) is 5.82 Å². The number of amides is 2. The lowest BCUT2D eigenvalue weighted by atomic mass is 10.1. The number of nitrogens with zero attached hydrogens (tertiary/aromatic N) is 5. The topological polar surface area (TPSA) is 116 Å². The molecular formula is C24H34ClN7O3. The van der Waals surface area contributed by atoms with E-state index in [4.69, 9.17) is 21.1 Å². The van der Waals surface area contributed by atoms with Gasteiger partial charge in [-0.1, -0.05) is 39.3 Å². The molecule has 0 radical (unpaired) electrons. The predicted octanol–water partition coefficient (Wildman–Crippen LogP) is 5.90. The molecule has 1 unspecified atom stereocenters. The summed E-state index contributed by atoms with van der Waals surface area (Å²) in [6.07, 6.45) is 9.76. The van der Waals surface area contributed by atoms with E-state index in [0.29, 0.717) is 40.5 Å². The van der Waals surface area contributed by atoms with Crippen molar-refractivity contribution in [1.82, 2.24) is 25.0 Å². The fraction of sp³-hybridized carbons (Fsp3) is 0.458. The van der Waals surface area contributed by atoms with Gasteiger partial charge in [0.25, 0.3) is 0 Å². The van der Waals surface area contributed by atoms with Crippen LogP contribution in [0.5, 0.6) is 5.75 Å². The molecule has 2 N–H and O–H groups in total. The SMILES string of the molecule is CC.CC.COC(C)c1c(NC(=O)Nc2cnc(-n3nccn3)c(Cl)c2)cncc1OCC1CC1. The summed E-state index contributed by atoms with van der Waals surface area (Å²) in [4.78, 5) is 22.3. The van der Waals surface area contributed by atoms with Crippen LogP contribution in [0.4, 0.5) is 16.2 Å². The van der Waals surface area contributed by atoms with Crippen LogP contribution in [0, 0.1) is 5.92 Å². The first-order chi connectivity index (χ1) is 17.0. The average molecular weight is 504 g/mol. The molecule has 0 aromatic carbocycles. The van der Waals surface area contributed by atoms with Crippen LogP contribution in [0.15, 0.2) is 37.1 Å². The normalized spacial score (nSPS) is 12.9. The predicted molar refractivity (Wildman–Crippen MR) is 137 cm³/mol. The van der Waals surface area contributed by atoms with Gasteiger partial charge in [0.05, 0.1) is 60.1 Å². The molecule has 0 saturated heterocycles. The number of carbonyl (C=O) groups is 1. The highest BCUT2D eigenvalue weighted by molar-refractivity contribution is 6.32. The number of hydrogen-bond donors (Lipinski definition) is 2. The van der Waals surface area contributed by atoms with E-state index in [1.807, 2.05) is 34.6 Å². The molecule has 1 atom stereocenters. The third kappa shape index (κ3) is 7.90. The number of hydrogen-bond acceptors (Lipinski definition) is 7. The molecular weight excluding hydrogens is 470 g/mol. The Bertz CT molecular complexity index is 1060. The minimum Gasteiger partial charge on any atom is -0.491 e. The van der Waals surface area contributed by atoms with Crippen molar-refractivity contribution in [1.29, 1.82) is 0 Å². The average Bonchev–Trinajstić information content (AvgIpc) is 3.56. The molecule has 1 saturated carbocycles. The van der Waals surface area contributed by atoms with Crippen molar-refractivity contribution in [2.75, 3.05) is 24.4 Å². The molecule has 190 valence electrons. The molecule has 0 spiro atoms. The highest BCUT2D eigenvalue weighted by Crippen LogP contribution is 2.35. The van der Waals surface area contributed by atoms with Crippen molar-refractivity contribution in [3.05, 3.63) is 47.6 Å². The van der Waals surface area contributed by atoms with Crippen molar-refractivity contribution in [2.24, 2.45) is 5.92 Å². The van der Waals surface area contributed by atoms with Crippen molar-refractivity contribution in [3.63, 3.8) is 0 Å². The van der Waals surface area contributed by atoms with E-state index in [2.05, 4.69) is 30.8 Å². The second kappa shape index (κ2) is 14.2. The van der Waals surface area contributed by atoms with Crippen LogP contribution in [0.3, 0.4) is 0 Å². The summed E-state index contributed by atoms with van der Waals surface area (Å²) >= 11 is 6.26. The van der Waals surface area contributed by atoms with Gasteiger partial charge in [0.2, 0.25) is 0 Å². The van der Waals surface area contributed by atoms with Gasteiger partial charge in [-0.05, 0) is 31.7 Å². The fourth-order valence-corrected chi connectivity index (χ4v) is 3.19. The number of anilines is 2. The van der Waals surface area contributed by atoms with E-state index in [9.17, 15) is 4.79 Å². The molecule has 4 rings (SSSR count). The Kier molecular flexibility index (Phi) is 11.4. The number of halogens is 1. The monoisotopic (exact) mass is 503 g/mol. The first-order valence-electron chi connectivity index (χ1n) is 11.8. The van der Waals surface area contributed by atoms with Crippen LogP contribution in [0.2, 0.25) is 5.02 Å². The summed E-state index contributed by atoms with van der Waals surface area (Å²) in [6.45, 7) is 10.5. The Morgan fingerprint density at radius 3 is 2.43 bits per heavy atom. The zero-order valence-electron chi connectivity index (χ0n) is 21.1. The number of urea groups is 1. The molecule has 2 amide bonds. The minimum atomic E-state index is -0.478. The van der Waals surface area contributed by atoms with Gasteiger partial charge in [0, 0.05) is 12.7 Å². The van der Waals surface area contributed by atoms with Crippen molar-refractivity contribution < 1.29 is 14.3 Å². The molecule has 3 heterocycles. The summed E-state index contributed by atoms with van der Waals surface area (Å²) in [5.74, 6) is 1.54. The molecule has 35 heavy (non-hydrogen) atoms. The lowest BCUT2D eigenvalue weighted by molar-refractivity contribution is 0.116. The summed E-state index contributed by atoms with van der Waals surface area (Å²) in [7, 11) is 1.60. The molecule has 0 bridgehead atoms. The van der Waals surface area contributed by atoms with Crippen LogP contribution in [0.1, 0.15) is 59.1 Å². The van der Waals surface area contributed by atoms with Gasteiger partial charge in [-0.2, -0.15) is 10.2 Å². The Hall–Kier alpha value is -3.24. The molecule has 3 aromatic heterocycles. The van der Waals surface area contributed by atoms with E-state index in [1.54, 1.807) is 25.6 Å². The Balaban J connectivity index is 0.00000103. The van der Waals surface area contributed by atoms with E-state index in [0.717, 1.165) is 5.56 Å². The lowest BCUT2D eigenvalue weighted by Gasteiger charge is -2.20. The Morgan fingerprint density at radius 1 is 1.14 bits per heavy atom. The quantitative estimate of drug-likeness (QED) is 0.392. The standard InChI is InChI=1S/C20H22ClN7O3.2C2H6/c1-12(30-2)18-16(9-22-10-17(18)31-11-13-3-4-13)27-20(29)26-14-7-15(21)19(23-8-14)28-24-5-6-25-28;2*1-2/h5-10,12-13H,3-4,11H2,1-2H3,(H2,26,27,29);2*1-2H3. The van der Waals surface area contributed by atoms with Gasteiger partial charge in [0.1, 0.15) is 5.75 Å². The van der Waals surface area contributed by atoms with Crippen molar-refractivity contribution in [3.8, 4) is 11.6 Å². The summed E-state index contributed by atoms with van der Waals surface area (Å²) in [6, 6.07) is 1.09. The Morgan fingerprint density at radius 2 is 1.83 bits per heavy atom. The van der Waals surface area contributed by atoms with Gasteiger partial charge >= 0.3 is 6.03 Å².